The van der Waals surface area contributed by atoms with Crippen molar-refractivity contribution in [2.24, 2.45) is 4.99 Å². The Morgan fingerprint density at radius 2 is 1.96 bits per heavy atom. The normalized spacial score (nSPS) is 15.4. The highest BCUT2D eigenvalue weighted by atomic mass is 35.5. The van der Waals surface area contributed by atoms with Crippen LogP contribution >= 0.6 is 11.6 Å². The van der Waals surface area contributed by atoms with Gasteiger partial charge in [-0.2, -0.15) is 0 Å². The predicted octanol–water partition coefficient (Wildman–Crippen LogP) is 3.29. The number of carbonyl (C=O) groups is 1. The van der Waals surface area contributed by atoms with Gasteiger partial charge in [0.1, 0.15) is 6.54 Å². The zero-order valence-corrected chi connectivity index (χ0v) is 15.5. The molecule has 1 unspecified atom stereocenters. The van der Waals surface area contributed by atoms with Crippen LogP contribution in [-0.2, 0) is 15.6 Å². The molecule has 2 aromatic carbocycles. The van der Waals surface area contributed by atoms with Gasteiger partial charge < -0.3 is 4.90 Å². The van der Waals surface area contributed by atoms with Crippen LogP contribution in [0.1, 0.15) is 17.5 Å². The lowest BCUT2D eigenvalue weighted by Crippen LogP contribution is -2.34. The summed E-state index contributed by atoms with van der Waals surface area (Å²) in [7, 11) is -0.871. The van der Waals surface area contributed by atoms with Crippen molar-refractivity contribution in [3.63, 3.8) is 0 Å². The van der Waals surface area contributed by atoms with Crippen LogP contribution in [-0.4, -0.2) is 40.9 Å². The van der Waals surface area contributed by atoms with E-state index in [9.17, 15) is 9.00 Å². The minimum Gasteiger partial charge on any atom is -0.310 e. The molecule has 2 aromatic rings. The van der Waals surface area contributed by atoms with Crippen molar-refractivity contribution in [1.29, 1.82) is 0 Å². The third-order valence-corrected chi connectivity index (χ3v) is 5.14. The number of fused-ring (bicyclic) bond motifs is 1. The third kappa shape index (κ3) is 4.17. The first-order valence-corrected chi connectivity index (χ1v) is 10.2. The Kier molecular flexibility index (Phi) is 5.66. The zero-order valence-electron chi connectivity index (χ0n) is 13.9. The van der Waals surface area contributed by atoms with E-state index in [0.717, 1.165) is 22.5 Å². The molecule has 0 N–H and O–H groups in total. The molecule has 6 heteroatoms. The van der Waals surface area contributed by atoms with Crippen molar-refractivity contribution in [1.82, 2.24) is 0 Å². The molecule has 130 valence electrons. The summed E-state index contributed by atoms with van der Waals surface area (Å²) in [6.45, 7) is 0.608. The summed E-state index contributed by atoms with van der Waals surface area (Å²) in [4.78, 5) is 18.9. The van der Waals surface area contributed by atoms with Gasteiger partial charge in [-0.3, -0.25) is 14.0 Å². The van der Waals surface area contributed by atoms with Gasteiger partial charge in [0.25, 0.3) is 0 Å². The molecule has 0 saturated carbocycles. The second kappa shape index (κ2) is 7.93. The summed E-state index contributed by atoms with van der Waals surface area (Å²) in [5.74, 6) is 0.510. The van der Waals surface area contributed by atoms with Gasteiger partial charge in [0.2, 0.25) is 5.91 Å². The molecular formula is C19H19ClN2O2S. The van der Waals surface area contributed by atoms with E-state index in [1.807, 2.05) is 42.5 Å². The summed E-state index contributed by atoms with van der Waals surface area (Å²) >= 11 is 6.21. The highest BCUT2D eigenvalue weighted by Gasteiger charge is 2.25. The van der Waals surface area contributed by atoms with Crippen molar-refractivity contribution >= 4 is 39.7 Å². The molecule has 0 aliphatic carbocycles. The Bertz CT molecular complexity index is 837. The first-order valence-electron chi connectivity index (χ1n) is 8.06. The zero-order chi connectivity index (χ0) is 17.8. The summed E-state index contributed by atoms with van der Waals surface area (Å²) in [6.07, 6.45) is 2.35. The monoisotopic (exact) mass is 374 g/mol. The number of hydrogen-bond donors (Lipinski definition) is 0. The van der Waals surface area contributed by atoms with Gasteiger partial charge in [0.05, 0.1) is 11.4 Å². The van der Waals surface area contributed by atoms with Crippen LogP contribution in [0, 0.1) is 0 Å². The number of hydrogen-bond acceptors (Lipinski definition) is 3. The summed E-state index contributed by atoms with van der Waals surface area (Å²) in [6, 6.07) is 15.3. The number of carbonyl (C=O) groups excluding carboxylic acids is 1. The van der Waals surface area contributed by atoms with Gasteiger partial charge in [0.15, 0.2) is 0 Å². The molecule has 4 nitrogen and oxygen atoms in total. The Morgan fingerprint density at radius 3 is 2.68 bits per heavy atom. The van der Waals surface area contributed by atoms with E-state index in [1.54, 1.807) is 17.2 Å². The highest BCUT2D eigenvalue weighted by molar-refractivity contribution is 7.84. The van der Waals surface area contributed by atoms with Gasteiger partial charge in [-0.15, -0.1) is 0 Å². The summed E-state index contributed by atoms with van der Waals surface area (Å²) < 4.78 is 11.3. The fraction of sp³-hybridized carbons (Fsp3) is 0.263. The fourth-order valence-electron chi connectivity index (χ4n) is 2.90. The lowest BCUT2D eigenvalue weighted by atomic mass is 10.00. The van der Waals surface area contributed by atoms with Gasteiger partial charge in [-0.1, -0.05) is 41.9 Å². The van der Waals surface area contributed by atoms with E-state index >= 15 is 0 Å². The van der Waals surface area contributed by atoms with E-state index < -0.39 is 10.8 Å². The molecule has 0 aromatic heterocycles. The van der Waals surface area contributed by atoms with Crippen LogP contribution in [0.3, 0.4) is 0 Å². The van der Waals surface area contributed by atoms with Crippen LogP contribution in [0.5, 0.6) is 0 Å². The standard InChI is InChI=1S/C19H19ClN2O2S/c1-25(24)11-5-10-22-17-9-8-15(20)12-16(17)19(21-13-18(22)23)14-6-3-2-4-7-14/h2-4,6-9,12H,5,10-11,13H2,1H3. The molecule has 0 spiro atoms. The molecule has 0 saturated heterocycles. The smallest absolute Gasteiger partial charge is 0.248 e. The number of amides is 1. The molecule has 0 radical (unpaired) electrons. The Labute approximate surface area is 155 Å². The molecule has 25 heavy (non-hydrogen) atoms. The van der Waals surface area contributed by atoms with Crippen molar-refractivity contribution in [2.45, 2.75) is 6.42 Å². The number of anilines is 1. The van der Waals surface area contributed by atoms with E-state index in [1.165, 1.54) is 0 Å². The molecule has 1 heterocycles. The minimum absolute atomic E-state index is 0.0589. The second-order valence-corrected chi connectivity index (χ2v) is 7.86. The minimum atomic E-state index is -0.871. The van der Waals surface area contributed by atoms with E-state index in [0.29, 0.717) is 23.7 Å². The van der Waals surface area contributed by atoms with Crippen LogP contribution in [0.2, 0.25) is 5.02 Å². The lowest BCUT2D eigenvalue weighted by Gasteiger charge is -2.23. The van der Waals surface area contributed by atoms with Crippen molar-refractivity contribution in [3.8, 4) is 0 Å². The maximum Gasteiger partial charge on any atom is 0.248 e. The van der Waals surface area contributed by atoms with E-state index in [4.69, 9.17) is 11.6 Å². The van der Waals surface area contributed by atoms with Gasteiger partial charge in [-0.05, 0) is 24.6 Å². The molecular weight excluding hydrogens is 356 g/mol. The van der Waals surface area contributed by atoms with Gasteiger partial charge in [0, 0.05) is 45.5 Å². The first-order chi connectivity index (χ1) is 12.1. The van der Waals surface area contributed by atoms with Crippen LogP contribution in [0.15, 0.2) is 53.5 Å². The van der Waals surface area contributed by atoms with Gasteiger partial charge >= 0.3 is 0 Å². The van der Waals surface area contributed by atoms with Crippen molar-refractivity contribution < 1.29 is 9.00 Å². The second-order valence-electron chi connectivity index (χ2n) is 5.87. The maximum absolute atomic E-state index is 12.6. The van der Waals surface area contributed by atoms with Crippen LogP contribution in [0.4, 0.5) is 5.69 Å². The molecule has 1 amide bonds. The molecule has 0 bridgehead atoms. The number of rotatable bonds is 5. The fourth-order valence-corrected chi connectivity index (χ4v) is 3.61. The van der Waals surface area contributed by atoms with Crippen molar-refractivity contribution in [3.05, 3.63) is 64.7 Å². The predicted molar refractivity (Wildman–Crippen MR) is 104 cm³/mol. The summed E-state index contributed by atoms with van der Waals surface area (Å²) in [5.41, 5.74) is 3.38. The van der Waals surface area contributed by atoms with Crippen molar-refractivity contribution in [2.75, 3.05) is 30.0 Å². The molecule has 0 fully saturated rings. The Morgan fingerprint density at radius 1 is 1.20 bits per heavy atom. The van der Waals surface area contributed by atoms with Crippen LogP contribution in [0.25, 0.3) is 0 Å². The number of benzene rings is 2. The largest absolute Gasteiger partial charge is 0.310 e. The molecule has 3 rings (SSSR count). The number of nitrogens with zero attached hydrogens (tertiary/aromatic N) is 2. The molecule has 1 aliphatic heterocycles. The lowest BCUT2D eigenvalue weighted by molar-refractivity contribution is -0.117. The Hall–Kier alpha value is -1.98. The number of benzodiazepines with no additional fused rings is 1. The van der Waals surface area contributed by atoms with Gasteiger partial charge in [-0.25, -0.2) is 0 Å². The van der Waals surface area contributed by atoms with E-state index in [2.05, 4.69) is 4.99 Å². The van der Waals surface area contributed by atoms with Crippen LogP contribution < -0.4 is 4.90 Å². The highest BCUT2D eigenvalue weighted by Crippen LogP contribution is 2.29. The quantitative estimate of drug-likeness (QED) is 0.806. The average Bonchev–Trinajstić information content (AvgIpc) is 2.72. The SMILES string of the molecule is CS(=O)CCCN1C(=O)CN=C(c2ccccc2)c2cc(Cl)ccc21. The molecule has 1 atom stereocenters. The number of halogens is 1. The molecule has 1 aliphatic rings. The Balaban J connectivity index is 2.02. The topological polar surface area (TPSA) is 49.7 Å². The number of aliphatic imine (C=N–C) groups is 1. The summed E-state index contributed by atoms with van der Waals surface area (Å²) in [5, 5.41) is 0.603. The third-order valence-electron chi connectivity index (χ3n) is 4.04. The first kappa shape index (κ1) is 17.8. The van der Waals surface area contributed by atoms with E-state index in [-0.39, 0.29) is 12.5 Å². The average molecular weight is 375 g/mol. The maximum atomic E-state index is 12.6.